The van der Waals surface area contributed by atoms with Gasteiger partial charge < -0.3 is 24.1 Å². The van der Waals surface area contributed by atoms with Crippen LogP contribution >= 0.6 is 11.6 Å². The first-order valence-electron chi connectivity index (χ1n) is 11.7. The van der Waals surface area contributed by atoms with Crippen LogP contribution < -0.4 is 18.9 Å². The minimum Gasteiger partial charge on any atom is -0.493 e. The van der Waals surface area contributed by atoms with E-state index in [0.717, 1.165) is 11.3 Å². The predicted molar refractivity (Wildman–Crippen MR) is 134 cm³/mol. The lowest BCUT2D eigenvalue weighted by Crippen LogP contribution is -2.46. The van der Waals surface area contributed by atoms with E-state index in [1.54, 1.807) is 18.2 Å². The van der Waals surface area contributed by atoms with Crippen molar-refractivity contribution in [1.29, 1.82) is 0 Å². The van der Waals surface area contributed by atoms with E-state index in [9.17, 15) is 9.90 Å². The van der Waals surface area contributed by atoms with Gasteiger partial charge in [0.1, 0.15) is 28.7 Å². The molecule has 184 valence electrons. The van der Waals surface area contributed by atoms with E-state index >= 15 is 0 Å². The predicted octanol–water partition coefficient (Wildman–Crippen LogP) is 6.85. The first-order chi connectivity index (χ1) is 16.9. The zero-order chi connectivity index (χ0) is 24.8. The number of ether oxygens (including phenoxy) is 4. The summed E-state index contributed by atoms with van der Waals surface area (Å²) >= 11 is 6.36. The highest BCUT2D eigenvalue weighted by Crippen LogP contribution is 2.37. The number of hydrogen-bond donors (Lipinski definition) is 1. The monoisotopic (exact) mass is 496 g/mol. The molecule has 0 amide bonds. The van der Waals surface area contributed by atoms with Gasteiger partial charge in [-0.2, -0.15) is 0 Å². The Morgan fingerprint density at radius 3 is 2.43 bits per heavy atom. The third kappa shape index (κ3) is 6.01. The molecule has 7 heteroatoms. The average molecular weight is 497 g/mol. The van der Waals surface area contributed by atoms with Crippen LogP contribution in [0.3, 0.4) is 0 Å². The summed E-state index contributed by atoms with van der Waals surface area (Å²) in [5, 5.41) is 10.1. The molecule has 1 heterocycles. The fourth-order valence-electron chi connectivity index (χ4n) is 3.91. The van der Waals surface area contributed by atoms with Crippen molar-refractivity contribution in [2.75, 3.05) is 13.2 Å². The van der Waals surface area contributed by atoms with E-state index < -0.39 is 11.6 Å². The van der Waals surface area contributed by atoms with Gasteiger partial charge in [0.05, 0.1) is 18.2 Å². The van der Waals surface area contributed by atoms with Crippen molar-refractivity contribution in [3.05, 3.63) is 76.8 Å². The van der Waals surface area contributed by atoms with Crippen LogP contribution in [0.1, 0.15) is 37.3 Å². The second-order valence-electron chi connectivity index (χ2n) is 8.58. The molecule has 0 fully saturated rings. The Bertz CT molecular complexity index is 1180. The van der Waals surface area contributed by atoms with Gasteiger partial charge in [0.15, 0.2) is 0 Å². The number of carboxylic acids is 1. The van der Waals surface area contributed by atoms with Crippen molar-refractivity contribution in [2.24, 2.45) is 0 Å². The fourth-order valence-corrected chi connectivity index (χ4v) is 4.14. The molecule has 4 rings (SSSR count). The summed E-state index contributed by atoms with van der Waals surface area (Å²) in [6, 6.07) is 18.7. The molecule has 0 bridgehead atoms. The van der Waals surface area contributed by atoms with E-state index in [0.29, 0.717) is 66.9 Å². The highest BCUT2D eigenvalue weighted by molar-refractivity contribution is 6.32. The molecule has 0 saturated carbocycles. The summed E-state index contributed by atoms with van der Waals surface area (Å²) in [5.74, 6) is 2.25. The lowest BCUT2D eigenvalue weighted by Gasteiger charge is -2.34. The number of benzene rings is 3. The van der Waals surface area contributed by atoms with Crippen LogP contribution in [-0.4, -0.2) is 29.9 Å². The van der Waals surface area contributed by atoms with Gasteiger partial charge in [0.25, 0.3) is 0 Å². The molecule has 0 radical (unpaired) electrons. The van der Waals surface area contributed by atoms with Crippen LogP contribution in [0.15, 0.2) is 60.7 Å². The number of halogens is 1. The molecular weight excluding hydrogens is 468 g/mol. The molecule has 3 aromatic carbocycles. The molecule has 1 atom stereocenters. The summed E-state index contributed by atoms with van der Waals surface area (Å²) in [6.45, 7) is 4.72. The van der Waals surface area contributed by atoms with Crippen molar-refractivity contribution in [3.8, 4) is 28.7 Å². The fraction of sp³-hybridized carbons (Fsp3) is 0.321. The molecule has 1 aliphatic heterocycles. The highest BCUT2D eigenvalue weighted by Gasteiger charge is 2.42. The van der Waals surface area contributed by atoms with Crippen LogP contribution in [0, 0.1) is 6.92 Å². The molecule has 1 aliphatic rings. The smallest absolute Gasteiger partial charge is 0.348 e. The largest absolute Gasteiger partial charge is 0.493 e. The number of rotatable bonds is 10. The molecule has 1 N–H and O–H groups in total. The lowest BCUT2D eigenvalue weighted by molar-refractivity contribution is -0.157. The number of aliphatic carboxylic acids is 1. The third-order valence-electron chi connectivity index (χ3n) is 6.08. The second-order valence-corrected chi connectivity index (χ2v) is 8.99. The van der Waals surface area contributed by atoms with E-state index in [-0.39, 0.29) is 0 Å². The van der Waals surface area contributed by atoms with Gasteiger partial charge in [-0.1, -0.05) is 42.3 Å². The van der Waals surface area contributed by atoms with Crippen molar-refractivity contribution in [2.45, 2.75) is 45.1 Å². The van der Waals surface area contributed by atoms with Gasteiger partial charge in [-0.3, -0.25) is 0 Å². The summed E-state index contributed by atoms with van der Waals surface area (Å²) in [5.41, 5.74) is 0.995. The van der Waals surface area contributed by atoms with Crippen molar-refractivity contribution >= 4 is 17.6 Å². The van der Waals surface area contributed by atoms with Gasteiger partial charge in [-0.15, -0.1) is 0 Å². The number of aryl methyl sites for hydroxylation is 2. The zero-order valence-corrected chi connectivity index (χ0v) is 20.6. The molecule has 35 heavy (non-hydrogen) atoms. The Balaban J connectivity index is 1.25. The van der Waals surface area contributed by atoms with Crippen LogP contribution in [0.5, 0.6) is 28.7 Å². The Hall–Kier alpha value is -3.38. The average Bonchev–Trinajstić information content (AvgIpc) is 2.85. The van der Waals surface area contributed by atoms with Crippen molar-refractivity contribution in [3.63, 3.8) is 0 Å². The summed E-state index contributed by atoms with van der Waals surface area (Å²) in [6.07, 6.45) is 2.18. The Kier molecular flexibility index (Phi) is 7.71. The first-order valence-corrected chi connectivity index (χ1v) is 12.1. The highest BCUT2D eigenvalue weighted by atomic mass is 35.5. The van der Waals surface area contributed by atoms with Gasteiger partial charge in [-0.05, 0) is 55.7 Å². The molecule has 0 unspecified atom stereocenters. The van der Waals surface area contributed by atoms with Gasteiger partial charge in [-0.25, -0.2) is 4.79 Å². The SMILES string of the molecule is CC[C@@]1(C(=O)O)CCc2ccc(OCCCOc3ccc(Oc4ccc(C)cc4)cc3Cl)cc2O1. The quantitative estimate of drug-likeness (QED) is 0.309. The minimum atomic E-state index is -1.17. The van der Waals surface area contributed by atoms with E-state index in [1.807, 2.05) is 56.3 Å². The zero-order valence-electron chi connectivity index (χ0n) is 19.9. The topological polar surface area (TPSA) is 74.2 Å². The maximum absolute atomic E-state index is 11.7. The molecule has 0 aliphatic carbocycles. The van der Waals surface area contributed by atoms with Gasteiger partial charge in [0, 0.05) is 25.0 Å². The molecule has 0 aromatic heterocycles. The van der Waals surface area contributed by atoms with Gasteiger partial charge >= 0.3 is 5.97 Å². The van der Waals surface area contributed by atoms with Crippen molar-refractivity contribution < 1.29 is 28.8 Å². The third-order valence-corrected chi connectivity index (χ3v) is 6.37. The maximum atomic E-state index is 11.7. The van der Waals surface area contributed by atoms with Crippen LogP contribution in [0.25, 0.3) is 0 Å². The Labute approximate surface area is 210 Å². The second kappa shape index (κ2) is 10.9. The van der Waals surface area contributed by atoms with Crippen LogP contribution in [0.2, 0.25) is 5.02 Å². The molecule has 6 nitrogen and oxygen atoms in total. The lowest BCUT2D eigenvalue weighted by atomic mass is 9.89. The normalized spacial score (nSPS) is 16.7. The number of carbonyl (C=O) groups is 1. The van der Waals surface area contributed by atoms with E-state index in [2.05, 4.69) is 0 Å². The standard InChI is InChI=1S/C28H29ClO6/c1-3-28(27(30)31)14-13-20-7-10-22(18-26(20)35-28)32-15-4-16-33-25-12-11-23(17-24(25)29)34-21-8-5-19(2)6-9-21/h5-12,17-18H,3-4,13-16H2,1-2H3,(H,30,31)/t28-/m0/s1. The minimum absolute atomic E-state index is 0.409. The molecule has 0 saturated heterocycles. The van der Waals surface area contributed by atoms with Crippen LogP contribution in [0.4, 0.5) is 0 Å². The maximum Gasteiger partial charge on any atom is 0.348 e. The Morgan fingerprint density at radius 2 is 1.71 bits per heavy atom. The number of carboxylic acid groups (broad SMARTS) is 1. The number of hydrogen-bond acceptors (Lipinski definition) is 5. The first kappa shape index (κ1) is 24.7. The number of fused-ring (bicyclic) bond motifs is 1. The van der Waals surface area contributed by atoms with E-state index in [1.165, 1.54) is 5.56 Å². The molecule has 0 spiro atoms. The van der Waals surface area contributed by atoms with Crippen molar-refractivity contribution in [1.82, 2.24) is 0 Å². The molecule has 3 aromatic rings. The Morgan fingerprint density at radius 1 is 1.00 bits per heavy atom. The van der Waals surface area contributed by atoms with Crippen LogP contribution in [-0.2, 0) is 11.2 Å². The van der Waals surface area contributed by atoms with Gasteiger partial charge in [0.2, 0.25) is 5.60 Å². The van der Waals surface area contributed by atoms with E-state index in [4.69, 9.17) is 30.5 Å². The summed E-state index contributed by atoms with van der Waals surface area (Å²) in [4.78, 5) is 11.7. The summed E-state index contributed by atoms with van der Waals surface area (Å²) < 4.78 is 23.4. The summed E-state index contributed by atoms with van der Waals surface area (Å²) in [7, 11) is 0. The molecular formula is C28H29ClO6.